The van der Waals surface area contributed by atoms with Gasteiger partial charge < -0.3 is 14.2 Å². The summed E-state index contributed by atoms with van der Waals surface area (Å²) in [6.45, 7) is 14.9. The normalized spacial score (nSPS) is 42.3. The molecule has 0 aromatic carbocycles. The zero-order valence-corrected chi connectivity index (χ0v) is 20.5. The van der Waals surface area contributed by atoms with Crippen molar-refractivity contribution in [2.24, 2.45) is 22.7 Å². The number of esters is 2. The van der Waals surface area contributed by atoms with E-state index in [9.17, 15) is 9.59 Å². The first-order valence-electron chi connectivity index (χ1n) is 11.7. The molecule has 7 unspecified atom stereocenters. The Morgan fingerprint density at radius 1 is 1.16 bits per heavy atom. The summed E-state index contributed by atoms with van der Waals surface area (Å²) >= 11 is 0. The van der Waals surface area contributed by atoms with E-state index in [-0.39, 0.29) is 40.6 Å². The Hall–Kier alpha value is -1.62. The maximum Gasteiger partial charge on any atom is 0.333 e. The van der Waals surface area contributed by atoms with Crippen LogP contribution in [0.15, 0.2) is 23.3 Å². The number of epoxide rings is 1. The molecular formula is C26H40O5. The van der Waals surface area contributed by atoms with E-state index in [0.717, 1.165) is 37.7 Å². The van der Waals surface area contributed by atoms with Gasteiger partial charge >= 0.3 is 11.9 Å². The van der Waals surface area contributed by atoms with E-state index < -0.39 is 0 Å². The highest BCUT2D eigenvalue weighted by atomic mass is 16.6. The maximum absolute atomic E-state index is 12.7. The molecular weight excluding hydrogens is 392 g/mol. The molecule has 0 aromatic rings. The number of fused-ring (bicyclic) bond motifs is 3. The number of rotatable bonds is 6. The van der Waals surface area contributed by atoms with Gasteiger partial charge in [-0.05, 0) is 77.0 Å². The van der Waals surface area contributed by atoms with E-state index in [1.165, 1.54) is 7.11 Å². The lowest BCUT2D eigenvalue weighted by molar-refractivity contribution is -0.196. The van der Waals surface area contributed by atoms with Gasteiger partial charge in [-0.2, -0.15) is 0 Å². The molecule has 2 saturated carbocycles. The summed E-state index contributed by atoms with van der Waals surface area (Å²) in [5.74, 6) is 0.252. The van der Waals surface area contributed by atoms with Gasteiger partial charge in [0.25, 0.3) is 0 Å². The fourth-order valence-corrected chi connectivity index (χ4v) is 6.50. The fraction of sp³-hybridized carbons (Fsp3) is 0.769. The van der Waals surface area contributed by atoms with Gasteiger partial charge in [-0.3, -0.25) is 0 Å². The van der Waals surface area contributed by atoms with Crippen molar-refractivity contribution in [1.82, 2.24) is 0 Å². The molecule has 3 rings (SSSR count). The molecule has 1 saturated heterocycles. The third-order valence-corrected chi connectivity index (χ3v) is 9.24. The molecule has 0 bridgehead atoms. The molecule has 3 fully saturated rings. The summed E-state index contributed by atoms with van der Waals surface area (Å²) in [7, 11) is 1.41. The lowest BCUT2D eigenvalue weighted by Crippen LogP contribution is -2.63. The molecule has 5 nitrogen and oxygen atoms in total. The minimum absolute atomic E-state index is 0.0679. The Labute approximate surface area is 187 Å². The van der Waals surface area contributed by atoms with Crippen LogP contribution in [0.25, 0.3) is 0 Å². The molecule has 1 heterocycles. The van der Waals surface area contributed by atoms with Crippen LogP contribution in [0.1, 0.15) is 80.6 Å². The Morgan fingerprint density at radius 2 is 1.84 bits per heavy atom. The lowest BCUT2D eigenvalue weighted by atomic mass is 9.43. The molecule has 174 valence electrons. The van der Waals surface area contributed by atoms with Crippen molar-refractivity contribution in [1.29, 1.82) is 0 Å². The van der Waals surface area contributed by atoms with Gasteiger partial charge in [-0.1, -0.05) is 32.4 Å². The molecule has 31 heavy (non-hydrogen) atoms. The molecule has 0 aromatic heterocycles. The van der Waals surface area contributed by atoms with E-state index in [1.54, 1.807) is 6.08 Å². The first-order chi connectivity index (χ1) is 14.4. The van der Waals surface area contributed by atoms with Gasteiger partial charge in [0.05, 0.1) is 13.2 Å². The first-order valence-corrected chi connectivity index (χ1v) is 11.7. The molecule has 2 aliphatic carbocycles. The number of carbonyl (C=O) groups excluding carboxylic acids is 2. The largest absolute Gasteiger partial charge is 0.466 e. The summed E-state index contributed by atoms with van der Waals surface area (Å²) in [5, 5.41) is 0. The minimum atomic E-state index is -0.296. The van der Waals surface area contributed by atoms with E-state index in [1.807, 2.05) is 26.8 Å². The Kier molecular flexibility index (Phi) is 6.50. The molecule has 7 atom stereocenters. The van der Waals surface area contributed by atoms with Crippen LogP contribution in [0, 0.1) is 22.7 Å². The molecule has 3 aliphatic rings. The summed E-state index contributed by atoms with van der Waals surface area (Å²) < 4.78 is 17.2. The van der Waals surface area contributed by atoms with Gasteiger partial charge in [-0.15, -0.1) is 0 Å². The van der Waals surface area contributed by atoms with Crippen molar-refractivity contribution in [3.8, 4) is 0 Å². The zero-order chi connectivity index (χ0) is 23.2. The Bertz CT molecular complexity index is 798. The van der Waals surface area contributed by atoms with Crippen molar-refractivity contribution < 1.29 is 23.8 Å². The lowest BCUT2D eigenvalue weighted by Gasteiger charge is -2.61. The van der Waals surface area contributed by atoms with E-state index in [0.29, 0.717) is 17.4 Å². The molecule has 0 radical (unpaired) electrons. The number of hydrogen-bond acceptors (Lipinski definition) is 5. The van der Waals surface area contributed by atoms with Crippen molar-refractivity contribution in [3.63, 3.8) is 0 Å². The van der Waals surface area contributed by atoms with E-state index >= 15 is 0 Å². The number of methoxy groups -OCH3 is 1. The van der Waals surface area contributed by atoms with Gasteiger partial charge in [-0.25, -0.2) is 9.59 Å². The third kappa shape index (κ3) is 3.88. The second kappa shape index (κ2) is 8.38. The monoisotopic (exact) mass is 432 g/mol. The SMILES string of the molecule is CC=C(C)C(=O)OC1CC(C)C(C)(CCC(C)=CC(=O)OC)C2CCC3OC3(C)C12C. The molecule has 0 amide bonds. The van der Waals surface area contributed by atoms with Gasteiger partial charge in [0.2, 0.25) is 0 Å². The predicted molar refractivity (Wildman–Crippen MR) is 120 cm³/mol. The predicted octanol–water partition coefficient (Wildman–Crippen LogP) is 5.38. The number of ether oxygens (including phenoxy) is 3. The van der Waals surface area contributed by atoms with Crippen LogP contribution in [0.4, 0.5) is 0 Å². The van der Waals surface area contributed by atoms with Crippen LogP contribution in [-0.4, -0.2) is 36.9 Å². The van der Waals surface area contributed by atoms with Crippen LogP contribution in [0.2, 0.25) is 0 Å². The summed E-state index contributed by atoms with van der Waals surface area (Å²) in [5.41, 5.74) is 1.28. The minimum Gasteiger partial charge on any atom is -0.466 e. The summed E-state index contributed by atoms with van der Waals surface area (Å²) in [6.07, 6.45) is 8.32. The molecule has 1 aliphatic heterocycles. The Morgan fingerprint density at radius 3 is 2.45 bits per heavy atom. The maximum atomic E-state index is 12.7. The average molecular weight is 433 g/mol. The second-order valence-corrected chi connectivity index (χ2v) is 10.6. The van der Waals surface area contributed by atoms with Crippen LogP contribution >= 0.6 is 0 Å². The number of allylic oxidation sites excluding steroid dienone is 2. The molecule has 5 heteroatoms. The molecule has 0 N–H and O–H groups in total. The number of hydrogen-bond donors (Lipinski definition) is 0. The third-order valence-electron chi connectivity index (χ3n) is 9.24. The van der Waals surface area contributed by atoms with Crippen LogP contribution in [-0.2, 0) is 23.8 Å². The van der Waals surface area contributed by atoms with Crippen LogP contribution < -0.4 is 0 Å². The smallest absolute Gasteiger partial charge is 0.333 e. The highest BCUT2D eigenvalue weighted by Gasteiger charge is 2.75. The topological polar surface area (TPSA) is 65.1 Å². The van der Waals surface area contributed by atoms with Crippen LogP contribution in [0.5, 0.6) is 0 Å². The van der Waals surface area contributed by atoms with Gasteiger partial charge in [0.1, 0.15) is 11.7 Å². The first kappa shape index (κ1) is 24.0. The van der Waals surface area contributed by atoms with Crippen molar-refractivity contribution in [2.75, 3.05) is 7.11 Å². The van der Waals surface area contributed by atoms with Crippen LogP contribution in [0.3, 0.4) is 0 Å². The quantitative estimate of drug-likeness (QED) is 0.320. The highest BCUT2D eigenvalue weighted by Crippen LogP contribution is 2.70. The van der Waals surface area contributed by atoms with Crippen molar-refractivity contribution >= 4 is 11.9 Å². The van der Waals surface area contributed by atoms with Crippen molar-refractivity contribution in [3.05, 3.63) is 23.3 Å². The Balaban J connectivity index is 1.90. The van der Waals surface area contributed by atoms with Gasteiger partial charge in [0, 0.05) is 17.1 Å². The second-order valence-electron chi connectivity index (χ2n) is 10.6. The highest BCUT2D eigenvalue weighted by molar-refractivity contribution is 5.87. The van der Waals surface area contributed by atoms with Gasteiger partial charge in [0.15, 0.2) is 0 Å². The molecule has 0 spiro atoms. The zero-order valence-electron chi connectivity index (χ0n) is 20.5. The van der Waals surface area contributed by atoms with Crippen molar-refractivity contribution in [2.45, 2.75) is 98.4 Å². The standard InChI is InChI=1S/C26H40O5/c1-9-17(3)23(28)30-21-15-18(4)24(5,13-12-16(2)14-22(27)29-8)19-10-11-20-26(7,31-20)25(19,21)6/h9,14,18-21H,10-13,15H2,1-8H3. The number of carbonyl (C=O) groups is 2. The summed E-state index contributed by atoms with van der Waals surface area (Å²) in [6, 6.07) is 0. The van der Waals surface area contributed by atoms with E-state index in [2.05, 4.69) is 27.7 Å². The average Bonchev–Trinajstić information content (AvgIpc) is 3.42. The fourth-order valence-electron chi connectivity index (χ4n) is 6.50. The summed E-state index contributed by atoms with van der Waals surface area (Å²) in [4.78, 5) is 24.4. The van der Waals surface area contributed by atoms with E-state index in [4.69, 9.17) is 14.2 Å².